The van der Waals surface area contributed by atoms with Crippen LogP contribution in [0.1, 0.15) is 31.7 Å². The van der Waals surface area contributed by atoms with E-state index in [1.165, 1.54) is 17.4 Å². The van der Waals surface area contributed by atoms with E-state index in [1.807, 2.05) is 23.6 Å². The number of nitro groups is 1. The van der Waals surface area contributed by atoms with Gasteiger partial charge in [0.2, 0.25) is 0 Å². The van der Waals surface area contributed by atoms with E-state index in [0.29, 0.717) is 17.1 Å². The van der Waals surface area contributed by atoms with Crippen molar-refractivity contribution in [2.45, 2.75) is 31.7 Å². The molecule has 9 heteroatoms. The van der Waals surface area contributed by atoms with E-state index < -0.39 is 4.92 Å². The summed E-state index contributed by atoms with van der Waals surface area (Å²) in [5.41, 5.74) is 2.91. The minimum absolute atomic E-state index is 0.0101. The van der Waals surface area contributed by atoms with Crippen molar-refractivity contribution in [3.05, 3.63) is 62.8 Å². The predicted octanol–water partition coefficient (Wildman–Crippen LogP) is 4.80. The minimum Gasteiger partial charge on any atom is -0.482 e. The maximum atomic E-state index is 11.7. The van der Waals surface area contributed by atoms with Crippen molar-refractivity contribution in [3.63, 3.8) is 0 Å². The van der Waals surface area contributed by atoms with Crippen molar-refractivity contribution in [1.82, 2.24) is 4.57 Å². The SMILES string of the molecule is O=C1COc2ccc(-c3csc(=Nc4ccccc4[N+](=O)[O-])n3C3CCCC3)cc2N1. The Morgan fingerprint density at radius 3 is 2.81 bits per heavy atom. The zero-order chi connectivity index (χ0) is 21.4. The van der Waals surface area contributed by atoms with Crippen LogP contribution in [0.15, 0.2) is 52.8 Å². The van der Waals surface area contributed by atoms with Crippen molar-refractivity contribution < 1.29 is 14.5 Å². The Kier molecular flexibility index (Phi) is 5.03. The average Bonchev–Trinajstić information content (AvgIpc) is 3.43. The smallest absolute Gasteiger partial charge is 0.294 e. The number of thiazole rings is 1. The van der Waals surface area contributed by atoms with Gasteiger partial charge in [0, 0.05) is 23.1 Å². The van der Waals surface area contributed by atoms with Gasteiger partial charge in [-0.25, -0.2) is 4.99 Å². The van der Waals surface area contributed by atoms with Gasteiger partial charge >= 0.3 is 0 Å². The van der Waals surface area contributed by atoms with E-state index >= 15 is 0 Å². The fourth-order valence-corrected chi connectivity index (χ4v) is 5.17. The Hall–Kier alpha value is -3.46. The Morgan fingerprint density at radius 2 is 2.00 bits per heavy atom. The summed E-state index contributed by atoms with van der Waals surface area (Å²) in [5, 5.41) is 16.3. The van der Waals surface area contributed by atoms with E-state index in [-0.39, 0.29) is 24.2 Å². The summed E-state index contributed by atoms with van der Waals surface area (Å²) in [6.07, 6.45) is 4.37. The first kappa shape index (κ1) is 19.5. The maximum Gasteiger partial charge on any atom is 0.294 e. The van der Waals surface area contributed by atoms with Gasteiger partial charge in [0.25, 0.3) is 11.6 Å². The lowest BCUT2D eigenvalue weighted by Crippen LogP contribution is -2.25. The average molecular weight is 436 g/mol. The summed E-state index contributed by atoms with van der Waals surface area (Å²) >= 11 is 1.47. The molecule has 0 radical (unpaired) electrons. The summed E-state index contributed by atoms with van der Waals surface area (Å²) < 4.78 is 7.67. The highest BCUT2D eigenvalue weighted by Gasteiger charge is 2.24. The molecule has 5 rings (SSSR count). The van der Waals surface area contributed by atoms with Crippen LogP contribution in [0, 0.1) is 10.1 Å². The Labute approximate surface area is 182 Å². The molecule has 0 spiro atoms. The normalized spacial score (nSPS) is 16.6. The molecular formula is C22H20N4O4S. The van der Waals surface area contributed by atoms with Crippen LogP contribution in [0.2, 0.25) is 0 Å². The number of aromatic nitrogens is 1. The third-order valence-electron chi connectivity index (χ3n) is 5.63. The first-order valence-electron chi connectivity index (χ1n) is 10.2. The Bertz CT molecular complexity index is 1240. The first-order valence-corrected chi connectivity index (χ1v) is 11.0. The van der Waals surface area contributed by atoms with Crippen molar-refractivity contribution in [3.8, 4) is 17.0 Å². The number of nitrogens with one attached hydrogen (secondary N) is 1. The highest BCUT2D eigenvalue weighted by molar-refractivity contribution is 7.07. The summed E-state index contributed by atoms with van der Waals surface area (Å²) in [6, 6.07) is 12.6. The molecule has 2 heterocycles. The van der Waals surface area contributed by atoms with Crippen molar-refractivity contribution in [2.24, 2.45) is 4.99 Å². The summed E-state index contributed by atoms with van der Waals surface area (Å²) in [6.45, 7) is 0.0196. The molecule has 0 bridgehead atoms. The summed E-state index contributed by atoms with van der Waals surface area (Å²) in [5.74, 6) is 0.474. The zero-order valence-corrected chi connectivity index (χ0v) is 17.4. The summed E-state index contributed by atoms with van der Waals surface area (Å²) in [7, 11) is 0. The molecule has 1 fully saturated rings. The van der Waals surface area contributed by atoms with E-state index in [0.717, 1.165) is 41.7 Å². The Balaban J connectivity index is 1.65. The standard InChI is InChI=1S/C22H20N4O4S/c27-21-12-30-20-10-9-14(11-17(20)23-21)19-13-31-22(25(19)15-5-1-2-6-15)24-16-7-3-4-8-18(16)26(28)29/h3-4,7-11,13,15H,1-2,5-6,12H2,(H,23,27). The molecule has 2 aromatic carbocycles. The fourth-order valence-electron chi connectivity index (χ4n) is 4.19. The topological polar surface area (TPSA) is 98.8 Å². The number of benzene rings is 2. The molecule has 0 saturated heterocycles. The van der Waals surface area contributed by atoms with Crippen molar-refractivity contribution in [2.75, 3.05) is 11.9 Å². The van der Waals surface area contributed by atoms with E-state index in [4.69, 9.17) is 9.73 Å². The summed E-state index contributed by atoms with van der Waals surface area (Å²) in [4.78, 5) is 28.2. The van der Waals surface area contributed by atoms with Crippen LogP contribution in [0.25, 0.3) is 11.3 Å². The molecule has 2 aliphatic rings. The van der Waals surface area contributed by atoms with Crippen LogP contribution in [0.4, 0.5) is 17.1 Å². The molecule has 0 unspecified atom stereocenters. The number of rotatable bonds is 4. The van der Waals surface area contributed by atoms with E-state index in [9.17, 15) is 14.9 Å². The molecule has 8 nitrogen and oxygen atoms in total. The monoisotopic (exact) mass is 436 g/mol. The van der Waals surface area contributed by atoms with E-state index in [1.54, 1.807) is 18.2 Å². The van der Waals surface area contributed by atoms with E-state index in [2.05, 4.69) is 9.88 Å². The van der Waals surface area contributed by atoms with Gasteiger partial charge in [-0.05, 0) is 37.1 Å². The molecule has 1 saturated carbocycles. The van der Waals surface area contributed by atoms with Gasteiger partial charge in [-0.1, -0.05) is 25.0 Å². The number of hydrogen-bond acceptors (Lipinski definition) is 6. The fraction of sp³-hybridized carbons (Fsp3) is 0.273. The number of anilines is 1. The number of carbonyl (C=O) groups is 1. The highest BCUT2D eigenvalue weighted by atomic mass is 32.1. The number of amides is 1. The third kappa shape index (κ3) is 3.72. The molecule has 1 aliphatic heterocycles. The highest BCUT2D eigenvalue weighted by Crippen LogP contribution is 2.37. The Morgan fingerprint density at radius 1 is 1.19 bits per heavy atom. The molecule has 158 valence electrons. The quantitative estimate of drug-likeness (QED) is 0.469. The largest absolute Gasteiger partial charge is 0.482 e. The number of hydrogen-bond donors (Lipinski definition) is 1. The molecule has 1 aromatic heterocycles. The van der Waals surface area contributed by atoms with Gasteiger partial charge < -0.3 is 14.6 Å². The molecule has 1 amide bonds. The lowest BCUT2D eigenvalue weighted by molar-refractivity contribution is -0.384. The lowest BCUT2D eigenvalue weighted by atomic mass is 10.1. The molecule has 3 aromatic rings. The number of nitrogens with zero attached hydrogens (tertiary/aromatic N) is 3. The van der Waals surface area contributed by atoms with Gasteiger partial charge in [0.1, 0.15) is 11.4 Å². The molecule has 1 aliphatic carbocycles. The lowest BCUT2D eigenvalue weighted by Gasteiger charge is -2.20. The zero-order valence-electron chi connectivity index (χ0n) is 16.6. The van der Waals surface area contributed by atoms with Gasteiger partial charge in [0.05, 0.1) is 16.3 Å². The van der Waals surface area contributed by atoms with Crippen molar-refractivity contribution in [1.29, 1.82) is 0 Å². The van der Waals surface area contributed by atoms with Gasteiger partial charge in [0.15, 0.2) is 11.4 Å². The first-order chi connectivity index (χ1) is 15.1. The molecule has 0 atom stereocenters. The number of ether oxygens (including phenoxy) is 1. The molecule has 1 N–H and O–H groups in total. The number of para-hydroxylation sites is 2. The second-order valence-electron chi connectivity index (χ2n) is 7.62. The van der Waals surface area contributed by atoms with Gasteiger partial charge in [-0.15, -0.1) is 11.3 Å². The number of fused-ring (bicyclic) bond motifs is 1. The maximum absolute atomic E-state index is 11.7. The molecule has 31 heavy (non-hydrogen) atoms. The number of carbonyl (C=O) groups excluding carboxylic acids is 1. The van der Waals surface area contributed by atoms with Crippen LogP contribution < -0.4 is 14.9 Å². The number of nitro benzene ring substituents is 1. The van der Waals surface area contributed by atoms with Gasteiger partial charge in [-0.2, -0.15) is 0 Å². The second-order valence-corrected chi connectivity index (χ2v) is 8.45. The van der Waals surface area contributed by atoms with Crippen LogP contribution >= 0.6 is 11.3 Å². The van der Waals surface area contributed by atoms with Gasteiger partial charge in [-0.3, -0.25) is 14.9 Å². The van der Waals surface area contributed by atoms with Crippen LogP contribution in [0.5, 0.6) is 5.75 Å². The van der Waals surface area contributed by atoms with Crippen molar-refractivity contribution >= 4 is 34.3 Å². The third-order valence-corrected chi connectivity index (χ3v) is 6.47. The van der Waals surface area contributed by atoms with Crippen LogP contribution in [0.3, 0.4) is 0 Å². The second kappa shape index (κ2) is 7.99. The van der Waals surface area contributed by atoms with Crippen LogP contribution in [-0.4, -0.2) is 22.0 Å². The predicted molar refractivity (Wildman–Crippen MR) is 118 cm³/mol. The minimum atomic E-state index is -0.403. The van der Waals surface area contributed by atoms with Crippen LogP contribution in [-0.2, 0) is 4.79 Å². The molecular weight excluding hydrogens is 416 g/mol.